The molecule has 2 amide bonds. The maximum absolute atomic E-state index is 12.5. The molecule has 0 atom stereocenters. The Morgan fingerprint density at radius 3 is 2.24 bits per heavy atom. The van der Waals surface area contributed by atoms with Crippen LogP contribution < -0.4 is 15.8 Å². The minimum absolute atomic E-state index is 0.190. The van der Waals surface area contributed by atoms with Crippen LogP contribution in [0.15, 0.2) is 85.1 Å². The fourth-order valence-corrected chi connectivity index (χ4v) is 4.02. The molecule has 1 aliphatic rings. The fraction of sp³-hybridized carbons (Fsp3) is 0.115. The number of carbonyl (C=O) groups is 2. The molecule has 1 aromatic heterocycles. The van der Waals surface area contributed by atoms with Crippen molar-refractivity contribution < 1.29 is 14.7 Å². The number of fused-ring (bicyclic) bond motifs is 1. The Kier molecular flexibility index (Phi) is 5.70. The normalized spacial score (nSPS) is 12.6. The van der Waals surface area contributed by atoms with Gasteiger partial charge in [0, 0.05) is 24.3 Å². The van der Waals surface area contributed by atoms with Crippen molar-refractivity contribution in [2.45, 2.75) is 13.0 Å². The molecule has 0 fully saturated rings. The van der Waals surface area contributed by atoms with Gasteiger partial charge in [-0.25, -0.2) is 4.68 Å². The second-order valence-electron chi connectivity index (χ2n) is 8.04. The monoisotopic (exact) mass is 453 g/mol. The van der Waals surface area contributed by atoms with Crippen molar-refractivity contribution in [3.05, 3.63) is 107 Å². The second kappa shape index (κ2) is 9.11. The summed E-state index contributed by atoms with van der Waals surface area (Å²) in [4.78, 5) is 27.2. The van der Waals surface area contributed by atoms with Gasteiger partial charge in [-0.3, -0.25) is 20.4 Å². The first-order valence-corrected chi connectivity index (χ1v) is 10.9. The molecule has 34 heavy (non-hydrogen) atoms. The van der Waals surface area contributed by atoms with Crippen LogP contribution in [0.5, 0.6) is 5.75 Å². The standard InChI is InChI=1S/C26H23N5O3/c32-23-17-31(22-8-2-1-3-9-22)29-24(23)26(34)28-27-25(33)19-10-12-21(13-11-19)30-15-14-18-6-4-5-7-20(18)16-30/h1-13,17,32H,14-16H2,(H,27,33)(H,28,34). The minimum Gasteiger partial charge on any atom is -0.504 e. The van der Waals surface area contributed by atoms with Gasteiger partial charge in [0.1, 0.15) is 0 Å². The van der Waals surface area contributed by atoms with E-state index >= 15 is 0 Å². The molecule has 0 aliphatic carbocycles. The third kappa shape index (κ3) is 4.33. The summed E-state index contributed by atoms with van der Waals surface area (Å²) in [6, 6.07) is 24.8. The first-order valence-electron chi connectivity index (χ1n) is 10.9. The lowest BCUT2D eigenvalue weighted by atomic mass is 9.99. The molecule has 1 aliphatic heterocycles. The van der Waals surface area contributed by atoms with Crippen LogP contribution in [0.25, 0.3) is 5.69 Å². The molecule has 4 aromatic rings. The maximum Gasteiger partial charge on any atom is 0.294 e. The predicted molar refractivity (Wildman–Crippen MR) is 128 cm³/mol. The Hall–Kier alpha value is -4.59. The molecular formula is C26H23N5O3. The molecule has 3 N–H and O–H groups in total. The van der Waals surface area contributed by atoms with Gasteiger partial charge in [-0.1, -0.05) is 42.5 Å². The number of hydrogen-bond acceptors (Lipinski definition) is 5. The van der Waals surface area contributed by atoms with E-state index in [2.05, 4.69) is 45.1 Å². The number of rotatable bonds is 4. The number of para-hydroxylation sites is 1. The van der Waals surface area contributed by atoms with Crippen LogP contribution >= 0.6 is 0 Å². The molecular weight excluding hydrogens is 430 g/mol. The highest BCUT2D eigenvalue weighted by molar-refractivity contribution is 5.99. The summed E-state index contributed by atoms with van der Waals surface area (Å²) in [7, 11) is 0. The van der Waals surface area contributed by atoms with Crippen molar-refractivity contribution in [1.29, 1.82) is 0 Å². The highest BCUT2D eigenvalue weighted by atomic mass is 16.3. The zero-order chi connectivity index (χ0) is 23.5. The van der Waals surface area contributed by atoms with E-state index in [-0.39, 0.29) is 11.4 Å². The number of hydrazine groups is 1. The summed E-state index contributed by atoms with van der Waals surface area (Å²) in [5.41, 5.74) is 9.32. The summed E-state index contributed by atoms with van der Waals surface area (Å²) in [5, 5.41) is 14.2. The molecule has 8 nitrogen and oxygen atoms in total. The molecule has 0 saturated carbocycles. The molecule has 0 unspecified atom stereocenters. The van der Waals surface area contributed by atoms with Gasteiger partial charge in [0.05, 0.1) is 11.9 Å². The van der Waals surface area contributed by atoms with Gasteiger partial charge in [0.25, 0.3) is 11.8 Å². The van der Waals surface area contributed by atoms with E-state index in [4.69, 9.17) is 0 Å². The van der Waals surface area contributed by atoms with E-state index in [1.807, 2.05) is 30.3 Å². The number of amides is 2. The number of aromatic hydroxyl groups is 1. The average Bonchev–Trinajstić information content (AvgIpc) is 3.29. The number of nitrogens with zero attached hydrogens (tertiary/aromatic N) is 3. The Balaban J connectivity index is 1.20. The van der Waals surface area contributed by atoms with E-state index in [1.165, 1.54) is 22.0 Å². The van der Waals surface area contributed by atoms with Gasteiger partial charge < -0.3 is 10.0 Å². The van der Waals surface area contributed by atoms with Crippen LogP contribution in [-0.2, 0) is 13.0 Å². The van der Waals surface area contributed by atoms with E-state index in [9.17, 15) is 14.7 Å². The van der Waals surface area contributed by atoms with Crippen LogP contribution in [0.3, 0.4) is 0 Å². The molecule has 8 heteroatoms. The van der Waals surface area contributed by atoms with Crippen LogP contribution in [-0.4, -0.2) is 33.2 Å². The number of nitrogens with one attached hydrogen (secondary N) is 2. The summed E-state index contributed by atoms with van der Waals surface area (Å²) in [6.07, 6.45) is 2.32. The molecule has 2 heterocycles. The predicted octanol–water partition coefficient (Wildman–Crippen LogP) is 3.22. The summed E-state index contributed by atoms with van der Waals surface area (Å²) in [6.45, 7) is 1.74. The van der Waals surface area contributed by atoms with Gasteiger partial charge in [0.2, 0.25) is 0 Å². The number of carbonyl (C=O) groups excluding carboxylic acids is 2. The largest absolute Gasteiger partial charge is 0.504 e. The van der Waals surface area contributed by atoms with Crippen LogP contribution in [0, 0.1) is 0 Å². The summed E-state index contributed by atoms with van der Waals surface area (Å²) in [5.74, 6) is -1.47. The molecule has 170 valence electrons. The number of aromatic nitrogens is 2. The van der Waals surface area contributed by atoms with Crippen molar-refractivity contribution >= 4 is 17.5 Å². The smallest absolute Gasteiger partial charge is 0.294 e. The lowest BCUT2D eigenvalue weighted by molar-refractivity contribution is 0.0842. The van der Waals surface area contributed by atoms with Crippen molar-refractivity contribution in [1.82, 2.24) is 20.6 Å². The topological polar surface area (TPSA) is 99.5 Å². The molecule has 0 bridgehead atoms. The molecule has 0 saturated heterocycles. The molecule has 5 rings (SSSR count). The molecule has 3 aromatic carbocycles. The van der Waals surface area contributed by atoms with Crippen molar-refractivity contribution in [3.63, 3.8) is 0 Å². The Morgan fingerprint density at radius 2 is 1.47 bits per heavy atom. The zero-order valence-corrected chi connectivity index (χ0v) is 18.3. The Morgan fingerprint density at radius 1 is 0.794 bits per heavy atom. The fourth-order valence-electron chi connectivity index (χ4n) is 4.02. The lowest BCUT2D eigenvalue weighted by Crippen LogP contribution is -2.41. The average molecular weight is 454 g/mol. The SMILES string of the molecule is O=C(NNC(=O)c1nn(-c2ccccc2)cc1O)c1ccc(N2CCc3ccccc3C2)cc1. The zero-order valence-electron chi connectivity index (χ0n) is 18.3. The van der Waals surface area contributed by atoms with Gasteiger partial charge >= 0.3 is 0 Å². The Bertz CT molecular complexity index is 1330. The highest BCUT2D eigenvalue weighted by Gasteiger charge is 2.19. The minimum atomic E-state index is -0.718. The molecule has 0 radical (unpaired) electrons. The van der Waals surface area contributed by atoms with E-state index in [0.717, 1.165) is 25.2 Å². The number of hydrogen-bond donors (Lipinski definition) is 3. The summed E-state index contributed by atoms with van der Waals surface area (Å²) < 4.78 is 1.39. The van der Waals surface area contributed by atoms with E-state index in [1.54, 1.807) is 24.3 Å². The van der Waals surface area contributed by atoms with Crippen LogP contribution in [0.1, 0.15) is 32.0 Å². The van der Waals surface area contributed by atoms with Gasteiger partial charge in [-0.2, -0.15) is 5.10 Å². The van der Waals surface area contributed by atoms with E-state index in [0.29, 0.717) is 11.3 Å². The first-order chi connectivity index (χ1) is 16.6. The quantitative estimate of drug-likeness (QED) is 0.412. The number of anilines is 1. The lowest BCUT2D eigenvalue weighted by Gasteiger charge is -2.30. The first kappa shape index (κ1) is 21.3. The van der Waals surface area contributed by atoms with Crippen LogP contribution in [0.2, 0.25) is 0 Å². The third-order valence-electron chi connectivity index (χ3n) is 5.85. The third-order valence-corrected chi connectivity index (χ3v) is 5.85. The maximum atomic E-state index is 12.5. The highest BCUT2D eigenvalue weighted by Crippen LogP contribution is 2.24. The van der Waals surface area contributed by atoms with Crippen molar-refractivity contribution in [2.24, 2.45) is 0 Å². The van der Waals surface area contributed by atoms with Crippen molar-refractivity contribution in [3.8, 4) is 11.4 Å². The second-order valence-corrected chi connectivity index (χ2v) is 8.04. The molecule has 0 spiro atoms. The summed E-state index contributed by atoms with van der Waals surface area (Å²) >= 11 is 0. The van der Waals surface area contributed by atoms with Gasteiger partial charge in [0.15, 0.2) is 11.4 Å². The van der Waals surface area contributed by atoms with Gasteiger partial charge in [-0.15, -0.1) is 0 Å². The number of benzene rings is 3. The van der Waals surface area contributed by atoms with Crippen molar-refractivity contribution in [2.75, 3.05) is 11.4 Å². The van der Waals surface area contributed by atoms with Crippen LogP contribution in [0.4, 0.5) is 5.69 Å². The van der Waals surface area contributed by atoms with E-state index < -0.39 is 11.8 Å². The Labute approximate surface area is 196 Å². The van der Waals surface area contributed by atoms with Gasteiger partial charge in [-0.05, 0) is 53.9 Å².